The van der Waals surface area contributed by atoms with Crippen LogP contribution in [-0.4, -0.2) is 27.4 Å². The zero-order chi connectivity index (χ0) is 12.8. The Morgan fingerprint density at radius 2 is 2.00 bits per heavy atom. The number of halogens is 1. The Kier molecular flexibility index (Phi) is 5.74. The monoisotopic (exact) mass is 303 g/mol. The molecule has 5 heteroatoms. The number of benzene rings is 1. The first-order chi connectivity index (χ1) is 8.15. The van der Waals surface area contributed by atoms with E-state index < -0.39 is 0 Å². The first-order valence-electron chi connectivity index (χ1n) is 5.39. The van der Waals surface area contributed by atoms with E-state index in [1.54, 1.807) is 14.2 Å². The fourth-order valence-electron chi connectivity index (χ4n) is 1.54. The molecule has 0 fully saturated rings. The lowest BCUT2D eigenvalue weighted by Crippen LogP contribution is -2.18. The quantitative estimate of drug-likeness (QED) is 0.877. The van der Waals surface area contributed by atoms with E-state index in [1.807, 2.05) is 19.1 Å². The molecule has 0 aliphatic heterocycles. The van der Waals surface area contributed by atoms with Crippen molar-refractivity contribution < 1.29 is 14.2 Å². The molecule has 0 amide bonds. The maximum Gasteiger partial charge on any atom is 0.141 e. The lowest BCUT2D eigenvalue weighted by Gasteiger charge is -2.18. The van der Waals surface area contributed by atoms with Crippen LogP contribution < -0.4 is 15.2 Å². The minimum atomic E-state index is -0.216. The van der Waals surface area contributed by atoms with Gasteiger partial charge < -0.3 is 19.9 Å². The van der Waals surface area contributed by atoms with Gasteiger partial charge >= 0.3 is 0 Å². The summed E-state index contributed by atoms with van der Waals surface area (Å²) in [6.07, 6.45) is 0. The number of nitrogens with two attached hydrogens (primary N) is 1. The van der Waals surface area contributed by atoms with Gasteiger partial charge in [0.05, 0.1) is 26.9 Å². The van der Waals surface area contributed by atoms with Crippen molar-refractivity contribution in [1.29, 1.82) is 0 Å². The Morgan fingerprint density at radius 1 is 1.29 bits per heavy atom. The van der Waals surface area contributed by atoms with Crippen molar-refractivity contribution in [3.05, 3.63) is 22.2 Å². The average Bonchev–Trinajstić information content (AvgIpc) is 2.35. The van der Waals surface area contributed by atoms with E-state index >= 15 is 0 Å². The van der Waals surface area contributed by atoms with Gasteiger partial charge in [0.25, 0.3) is 0 Å². The normalized spacial score (nSPS) is 12.3. The molecular weight excluding hydrogens is 286 g/mol. The standard InChI is InChI=1S/C12H18BrNO3/c1-4-17-7-9(14)8-5-6-10(15-2)11(13)12(8)16-3/h5-6,9H,4,7,14H2,1-3H3. The topological polar surface area (TPSA) is 53.7 Å². The number of hydrogen-bond donors (Lipinski definition) is 1. The van der Waals surface area contributed by atoms with E-state index in [1.165, 1.54) is 0 Å². The van der Waals surface area contributed by atoms with Crippen LogP contribution in [0.4, 0.5) is 0 Å². The summed E-state index contributed by atoms with van der Waals surface area (Å²) >= 11 is 3.44. The third kappa shape index (κ3) is 3.34. The largest absolute Gasteiger partial charge is 0.495 e. The van der Waals surface area contributed by atoms with E-state index in [4.69, 9.17) is 19.9 Å². The van der Waals surface area contributed by atoms with Crippen LogP contribution in [0.25, 0.3) is 0 Å². The molecular formula is C12H18BrNO3. The van der Waals surface area contributed by atoms with Crippen LogP contribution in [0.3, 0.4) is 0 Å². The SMILES string of the molecule is CCOCC(N)c1ccc(OC)c(Br)c1OC. The van der Waals surface area contributed by atoms with Crippen molar-refractivity contribution in [2.45, 2.75) is 13.0 Å². The van der Waals surface area contributed by atoms with Crippen LogP contribution in [0.5, 0.6) is 11.5 Å². The summed E-state index contributed by atoms with van der Waals surface area (Å²) in [5.41, 5.74) is 6.95. The van der Waals surface area contributed by atoms with Gasteiger partial charge in [-0.1, -0.05) is 0 Å². The van der Waals surface area contributed by atoms with E-state index in [0.717, 1.165) is 10.0 Å². The predicted octanol–water partition coefficient (Wildman–Crippen LogP) is 2.50. The van der Waals surface area contributed by atoms with Crippen LogP contribution in [0, 0.1) is 0 Å². The third-order valence-corrected chi connectivity index (χ3v) is 3.17. The van der Waals surface area contributed by atoms with Crippen LogP contribution in [0.1, 0.15) is 18.5 Å². The van der Waals surface area contributed by atoms with Gasteiger partial charge in [-0.05, 0) is 35.0 Å². The molecule has 17 heavy (non-hydrogen) atoms. The van der Waals surface area contributed by atoms with Crippen molar-refractivity contribution in [2.24, 2.45) is 5.73 Å². The van der Waals surface area contributed by atoms with Gasteiger partial charge in [-0.25, -0.2) is 0 Å². The smallest absolute Gasteiger partial charge is 0.141 e. The zero-order valence-electron chi connectivity index (χ0n) is 10.3. The summed E-state index contributed by atoms with van der Waals surface area (Å²) in [7, 11) is 3.22. The molecule has 0 saturated heterocycles. The van der Waals surface area contributed by atoms with Crippen LogP contribution in [0.15, 0.2) is 16.6 Å². The second-order valence-corrected chi connectivity index (χ2v) is 4.26. The van der Waals surface area contributed by atoms with E-state index in [9.17, 15) is 0 Å². The van der Waals surface area contributed by atoms with Gasteiger partial charge in [-0.2, -0.15) is 0 Å². The highest BCUT2D eigenvalue weighted by Crippen LogP contribution is 2.39. The summed E-state index contributed by atoms with van der Waals surface area (Å²) in [6.45, 7) is 3.05. The molecule has 1 unspecified atom stereocenters. The molecule has 0 aromatic heterocycles. The van der Waals surface area contributed by atoms with Gasteiger partial charge in [0, 0.05) is 12.2 Å². The highest BCUT2D eigenvalue weighted by Gasteiger charge is 2.17. The number of rotatable bonds is 6. The molecule has 0 spiro atoms. The van der Waals surface area contributed by atoms with Crippen molar-refractivity contribution in [2.75, 3.05) is 27.4 Å². The summed E-state index contributed by atoms with van der Waals surface area (Å²) in [5.74, 6) is 1.41. The molecule has 0 saturated carbocycles. The molecule has 1 atom stereocenters. The molecule has 0 aliphatic carbocycles. The van der Waals surface area contributed by atoms with Crippen LogP contribution in [0.2, 0.25) is 0 Å². The Hall–Kier alpha value is -0.780. The average molecular weight is 304 g/mol. The summed E-state index contributed by atoms with van der Waals surface area (Å²) < 4.78 is 16.7. The van der Waals surface area contributed by atoms with E-state index in [2.05, 4.69) is 15.9 Å². The molecule has 0 heterocycles. The molecule has 0 aliphatic rings. The van der Waals surface area contributed by atoms with E-state index in [-0.39, 0.29) is 6.04 Å². The lowest BCUT2D eigenvalue weighted by molar-refractivity contribution is 0.132. The Bertz CT molecular complexity index is 371. The second-order valence-electron chi connectivity index (χ2n) is 3.47. The predicted molar refractivity (Wildman–Crippen MR) is 70.7 cm³/mol. The number of hydrogen-bond acceptors (Lipinski definition) is 4. The lowest BCUT2D eigenvalue weighted by atomic mass is 10.1. The van der Waals surface area contributed by atoms with Gasteiger partial charge in [0.15, 0.2) is 0 Å². The van der Waals surface area contributed by atoms with Crippen LogP contribution in [-0.2, 0) is 4.74 Å². The Balaban J connectivity index is 3.03. The molecule has 1 rings (SSSR count). The molecule has 1 aromatic carbocycles. The molecule has 4 nitrogen and oxygen atoms in total. The van der Waals surface area contributed by atoms with Gasteiger partial charge in [0.2, 0.25) is 0 Å². The van der Waals surface area contributed by atoms with Gasteiger partial charge in [0.1, 0.15) is 16.0 Å². The Labute approximate surface area is 110 Å². The van der Waals surface area contributed by atoms with E-state index in [0.29, 0.717) is 24.7 Å². The van der Waals surface area contributed by atoms with Crippen molar-refractivity contribution in [1.82, 2.24) is 0 Å². The highest BCUT2D eigenvalue weighted by molar-refractivity contribution is 9.10. The van der Waals surface area contributed by atoms with Crippen LogP contribution >= 0.6 is 15.9 Å². The van der Waals surface area contributed by atoms with Gasteiger partial charge in [-0.3, -0.25) is 0 Å². The maximum atomic E-state index is 6.05. The second kappa shape index (κ2) is 6.83. The fraction of sp³-hybridized carbons (Fsp3) is 0.500. The molecule has 0 bridgehead atoms. The van der Waals surface area contributed by atoms with Gasteiger partial charge in [-0.15, -0.1) is 0 Å². The van der Waals surface area contributed by atoms with Crippen molar-refractivity contribution in [3.8, 4) is 11.5 Å². The minimum absolute atomic E-state index is 0.216. The molecule has 2 N–H and O–H groups in total. The maximum absolute atomic E-state index is 6.05. The summed E-state index contributed by atoms with van der Waals surface area (Å²) in [6, 6.07) is 3.53. The highest BCUT2D eigenvalue weighted by atomic mass is 79.9. The third-order valence-electron chi connectivity index (χ3n) is 2.42. The first kappa shape index (κ1) is 14.3. The summed E-state index contributed by atoms with van der Waals surface area (Å²) in [4.78, 5) is 0. The Morgan fingerprint density at radius 3 is 2.53 bits per heavy atom. The first-order valence-corrected chi connectivity index (χ1v) is 6.18. The summed E-state index contributed by atoms with van der Waals surface area (Å²) in [5, 5.41) is 0. The van der Waals surface area contributed by atoms with Crippen molar-refractivity contribution in [3.63, 3.8) is 0 Å². The number of ether oxygens (including phenoxy) is 3. The number of methoxy groups -OCH3 is 2. The minimum Gasteiger partial charge on any atom is -0.495 e. The zero-order valence-corrected chi connectivity index (χ0v) is 11.9. The molecule has 1 aromatic rings. The molecule has 0 radical (unpaired) electrons. The van der Waals surface area contributed by atoms with Crippen molar-refractivity contribution >= 4 is 15.9 Å². The molecule has 96 valence electrons. The fourth-order valence-corrected chi connectivity index (χ4v) is 2.23.